The summed E-state index contributed by atoms with van der Waals surface area (Å²) in [5.74, 6) is -3.40. The number of hydrogen-bond donors (Lipinski definition) is 2. The highest BCUT2D eigenvalue weighted by molar-refractivity contribution is 7.12. The van der Waals surface area contributed by atoms with Gasteiger partial charge in [0.2, 0.25) is 0 Å². The number of thiophene rings is 1. The molecule has 0 radical (unpaired) electrons. The molecule has 110 valence electrons. The summed E-state index contributed by atoms with van der Waals surface area (Å²) in [6.45, 7) is -0.477. The highest BCUT2D eigenvalue weighted by Crippen LogP contribution is 2.24. The summed E-state index contributed by atoms with van der Waals surface area (Å²) in [6.07, 6.45) is 0. The van der Waals surface area contributed by atoms with Crippen LogP contribution < -0.4 is 10.1 Å². The Bertz CT molecular complexity index is 666. The van der Waals surface area contributed by atoms with Gasteiger partial charge >= 0.3 is 5.97 Å². The van der Waals surface area contributed by atoms with E-state index in [-0.39, 0.29) is 16.3 Å². The Kier molecular flexibility index (Phi) is 4.49. The van der Waals surface area contributed by atoms with Crippen molar-refractivity contribution >= 4 is 28.9 Å². The zero-order chi connectivity index (χ0) is 15.4. The molecule has 0 aliphatic heterocycles. The minimum absolute atomic E-state index is 0.0281. The third-order valence-electron chi connectivity index (χ3n) is 2.33. The maximum atomic E-state index is 12.9. The second-order valence-corrected chi connectivity index (χ2v) is 4.83. The number of carbonyl (C=O) groups is 2. The molecule has 2 N–H and O–H groups in total. The molecule has 8 heteroatoms. The van der Waals surface area contributed by atoms with Gasteiger partial charge in [-0.05, 0) is 23.6 Å². The molecule has 0 atom stereocenters. The molecule has 2 aromatic rings. The molecular formula is C13H9F2NO4S. The average molecular weight is 313 g/mol. The Balaban J connectivity index is 1.96. The fraction of sp³-hybridized carbons (Fsp3) is 0.0769. The van der Waals surface area contributed by atoms with E-state index in [2.05, 4.69) is 5.32 Å². The molecule has 0 bridgehead atoms. The topological polar surface area (TPSA) is 75.6 Å². The van der Waals surface area contributed by atoms with Crippen LogP contribution in [-0.4, -0.2) is 23.6 Å². The molecule has 1 heterocycles. The van der Waals surface area contributed by atoms with E-state index in [0.717, 1.165) is 23.5 Å². The van der Waals surface area contributed by atoms with Gasteiger partial charge in [0, 0.05) is 11.8 Å². The zero-order valence-electron chi connectivity index (χ0n) is 10.4. The van der Waals surface area contributed by atoms with Gasteiger partial charge in [0.25, 0.3) is 5.91 Å². The Morgan fingerprint density at radius 1 is 1.24 bits per heavy atom. The zero-order valence-corrected chi connectivity index (χ0v) is 11.2. The number of carboxylic acids is 1. The minimum Gasteiger partial charge on any atom is -0.482 e. The van der Waals surface area contributed by atoms with Crippen molar-refractivity contribution < 1.29 is 28.2 Å². The van der Waals surface area contributed by atoms with Crippen molar-refractivity contribution in [3.63, 3.8) is 0 Å². The molecule has 1 aromatic heterocycles. The molecule has 0 aliphatic carbocycles. The molecule has 0 spiro atoms. The van der Waals surface area contributed by atoms with Crippen LogP contribution in [0.5, 0.6) is 5.75 Å². The van der Waals surface area contributed by atoms with Crippen molar-refractivity contribution in [2.75, 3.05) is 11.9 Å². The normalized spacial score (nSPS) is 10.2. The van der Waals surface area contributed by atoms with Crippen LogP contribution in [0, 0.1) is 11.6 Å². The van der Waals surface area contributed by atoms with Crippen molar-refractivity contribution in [3.8, 4) is 5.75 Å². The number of amides is 1. The molecule has 0 saturated carbocycles. The lowest BCUT2D eigenvalue weighted by atomic mass is 10.3. The average Bonchev–Trinajstić information content (AvgIpc) is 2.83. The Morgan fingerprint density at radius 3 is 2.52 bits per heavy atom. The fourth-order valence-electron chi connectivity index (χ4n) is 1.53. The fourth-order valence-corrected chi connectivity index (χ4v) is 2.21. The number of halogens is 2. The number of rotatable bonds is 5. The van der Waals surface area contributed by atoms with Crippen LogP contribution in [0.15, 0.2) is 29.6 Å². The van der Waals surface area contributed by atoms with E-state index in [4.69, 9.17) is 9.84 Å². The van der Waals surface area contributed by atoms with E-state index in [0.29, 0.717) is 6.07 Å². The lowest BCUT2D eigenvalue weighted by Crippen LogP contribution is -2.20. The third kappa shape index (κ3) is 3.99. The highest BCUT2D eigenvalue weighted by Gasteiger charge is 2.14. The van der Waals surface area contributed by atoms with E-state index >= 15 is 0 Å². The van der Waals surface area contributed by atoms with Crippen LogP contribution in [0.3, 0.4) is 0 Å². The van der Waals surface area contributed by atoms with Gasteiger partial charge in [0.15, 0.2) is 11.5 Å². The van der Waals surface area contributed by atoms with E-state index in [1.54, 1.807) is 0 Å². The second-order valence-electron chi connectivity index (χ2n) is 3.91. The molecule has 5 nitrogen and oxygen atoms in total. The van der Waals surface area contributed by atoms with Gasteiger partial charge in [-0.2, -0.15) is 0 Å². The summed E-state index contributed by atoms with van der Waals surface area (Å²) in [5, 5.41) is 12.6. The first kappa shape index (κ1) is 14.9. The van der Waals surface area contributed by atoms with Crippen LogP contribution >= 0.6 is 11.3 Å². The molecule has 1 amide bonds. The minimum atomic E-state index is -1.16. The lowest BCUT2D eigenvalue weighted by Gasteiger charge is -2.07. The molecule has 0 fully saturated rings. The summed E-state index contributed by atoms with van der Waals surface area (Å²) in [6, 6.07) is 4.00. The first-order chi connectivity index (χ1) is 9.95. The standard InChI is InChI=1S/C13H9F2NO4S/c14-7-3-8(15)5-9(4-7)16-11(17)6-20-10-1-2-21-12(10)13(18)19/h1-5H,6H2,(H,16,17)(H,18,19). The number of anilines is 1. The quantitative estimate of drug-likeness (QED) is 0.890. The number of ether oxygens (including phenoxy) is 1. The summed E-state index contributed by atoms with van der Waals surface area (Å²) < 4.78 is 30.9. The van der Waals surface area contributed by atoms with E-state index in [1.165, 1.54) is 11.4 Å². The van der Waals surface area contributed by atoms with Crippen LogP contribution in [-0.2, 0) is 4.79 Å². The summed E-state index contributed by atoms with van der Waals surface area (Å²) in [5.41, 5.74) is -0.0510. The lowest BCUT2D eigenvalue weighted by molar-refractivity contribution is -0.118. The molecule has 1 aromatic carbocycles. The van der Waals surface area contributed by atoms with Gasteiger partial charge in [-0.25, -0.2) is 13.6 Å². The van der Waals surface area contributed by atoms with Crippen LogP contribution in [0.25, 0.3) is 0 Å². The van der Waals surface area contributed by atoms with E-state index in [1.807, 2.05) is 0 Å². The van der Waals surface area contributed by atoms with Crippen LogP contribution in [0.2, 0.25) is 0 Å². The SMILES string of the molecule is O=C(COc1ccsc1C(=O)O)Nc1cc(F)cc(F)c1. The van der Waals surface area contributed by atoms with Crippen molar-refractivity contribution in [1.82, 2.24) is 0 Å². The number of carbonyl (C=O) groups excluding carboxylic acids is 1. The van der Waals surface area contributed by atoms with Crippen molar-refractivity contribution in [1.29, 1.82) is 0 Å². The van der Waals surface area contributed by atoms with Gasteiger partial charge in [-0.1, -0.05) is 0 Å². The number of benzene rings is 1. The molecule has 21 heavy (non-hydrogen) atoms. The number of nitrogens with one attached hydrogen (secondary N) is 1. The molecule has 0 saturated heterocycles. The van der Waals surface area contributed by atoms with Crippen molar-refractivity contribution in [3.05, 3.63) is 46.2 Å². The number of hydrogen-bond acceptors (Lipinski definition) is 4. The van der Waals surface area contributed by atoms with Crippen LogP contribution in [0.4, 0.5) is 14.5 Å². The molecule has 2 rings (SSSR count). The predicted octanol–water partition coefficient (Wildman–Crippen LogP) is 2.74. The van der Waals surface area contributed by atoms with Crippen molar-refractivity contribution in [2.45, 2.75) is 0 Å². The predicted molar refractivity (Wildman–Crippen MR) is 71.8 cm³/mol. The summed E-state index contributed by atoms with van der Waals surface area (Å²) in [7, 11) is 0. The largest absolute Gasteiger partial charge is 0.482 e. The monoisotopic (exact) mass is 313 g/mol. The summed E-state index contributed by atoms with van der Waals surface area (Å²) in [4.78, 5) is 22.4. The number of aromatic carboxylic acids is 1. The Labute approximate surface area is 121 Å². The van der Waals surface area contributed by atoms with Gasteiger partial charge in [0.1, 0.15) is 17.4 Å². The van der Waals surface area contributed by atoms with Gasteiger partial charge < -0.3 is 15.2 Å². The van der Waals surface area contributed by atoms with Gasteiger partial charge in [-0.3, -0.25) is 4.79 Å². The summed E-state index contributed by atoms with van der Waals surface area (Å²) >= 11 is 0.962. The highest BCUT2D eigenvalue weighted by atomic mass is 32.1. The first-order valence-corrected chi connectivity index (χ1v) is 6.53. The first-order valence-electron chi connectivity index (χ1n) is 5.65. The molecule has 0 unspecified atom stereocenters. The second kappa shape index (κ2) is 6.31. The van der Waals surface area contributed by atoms with E-state index < -0.39 is 30.1 Å². The van der Waals surface area contributed by atoms with Crippen LogP contribution in [0.1, 0.15) is 9.67 Å². The van der Waals surface area contributed by atoms with Gasteiger partial charge in [0.05, 0.1) is 0 Å². The smallest absolute Gasteiger partial charge is 0.349 e. The molecular weight excluding hydrogens is 304 g/mol. The maximum absolute atomic E-state index is 12.9. The van der Waals surface area contributed by atoms with Crippen molar-refractivity contribution in [2.24, 2.45) is 0 Å². The maximum Gasteiger partial charge on any atom is 0.349 e. The number of carboxylic acid groups (broad SMARTS) is 1. The Morgan fingerprint density at radius 2 is 1.90 bits per heavy atom. The van der Waals surface area contributed by atoms with Gasteiger partial charge in [-0.15, -0.1) is 11.3 Å². The van der Waals surface area contributed by atoms with E-state index in [9.17, 15) is 18.4 Å². The molecule has 0 aliphatic rings. The Hall–Kier alpha value is -2.48. The third-order valence-corrected chi connectivity index (χ3v) is 3.21.